The van der Waals surface area contributed by atoms with E-state index in [9.17, 15) is 45.7 Å². The van der Waals surface area contributed by atoms with Crippen LogP contribution in [0.25, 0.3) is 21.5 Å². The molecule has 0 atom stereocenters. The molecule has 0 saturated carbocycles. The van der Waals surface area contributed by atoms with Crippen LogP contribution in [0, 0.1) is 0 Å². The fraction of sp³-hybridized carbons (Fsp3) is 0.148. The molecule has 18 nitrogen and oxygen atoms in total. The Bertz CT molecular complexity index is 3560. The van der Waals surface area contributed by atoms with Gasteiger partial charge in [0, 0.05) is 27.7 Å². The molecular weight excluding hydrogens is 1200 g/mol. The van der Waals surface area contributed by atoms with Crippen molar-refractivity contribution in [1.82, 2.24) is 0 Å². The van der Waals surface area contributed by atoms with Crippen molar-refractivity contribution in [3.8, 4) is 23.0 Å². The van der Waals surface area contributed by atoms with Gasteiger partial charge in [-0.3, -0.25) is 14.1 Å². The molecule has 0 radical (unpaired) electrons. The van der Waals surface area contributed by atoms with Gasteiger partial charge in [0.1, 0.15) is 48.5 Å². The molecule has 0 heterocycles. The number of nitrogens with zero attached hydrogens (tertiary/aromatic N) is 4. The first-order valence-corrected chi connectivity index (χ1v) is 26.8. The summed E-state index contributed by atoms with van der Waals surface area (Å²) in [5.74, 6) is -1.15. The predicted octanol–water partition coefficient (Wildman–Crippen LogP) is 12.8. The minimum Gasteiger partial charge on any atom is -0.870 e. The molecule has 77 heavy (non-hydrogen) atoms. The molecule has 0 aliphatic carbocycles. The number of aryl methyl sites for hydroxylation is 2. The van der Waals surface area contributed by atoms with Crippen molar-refractivity contribution in [3.05, 3.63) is 166 Å². The monoisotopic (exact) mass is 1240 g/mol. The minimum atomic E-state index is -5.00. The number of amides is 2. The van der Waals surface area contributed by atoms with E-state index in [2.05, 4.69) is 31.1 Å². The molecule has 0 fully saturated rings. The Kier molecular flexibility index (Phi) is 20.4. The summed E-state index contributed by atoms with van der Waals surface area (Å²) >= 11 is 12.1. The van der Waals surface area contributed by atoms with E-state index >= 15 is 0 Å². The van der Waals surface area contributed by atoms with Crippen LogP contribution in [0.2, 0.25) is 10.0 Å². The van der Waals surface area contributed by atoms with E-state index in [1.807, 2.05) is 13.8 Å². The number of aromatic hydroxyl groups is 1. The van der Waals surface area contributed by atoms with Gasteiger partial charge in [-0.15, -0.1) is 15.3 Å². The summed E-state index contributed by atoms with van der Waals surface area (Å²) in [5, 5.41) is 47.8. The summed E-state index contributed by atoms with van der Waals surface area (Å²) in [7, 11) is -9.74. The Labute approximate surface area is 493 Å². The van der Waals surface area contributed by atoms with E-state index in [1.54, 1.807) is 117 Å². The van der Waals surface area contributed by atoms with Crippen LogP contribution in [0.1, 0.15) is 59.5 Å². The van der Waals surface area contributed by atoms with E-state index in [0.29, 0.717) is 81.6 Å². The molecule has 0 aliphatic rings. The molecule has 4 N–H and O–H groups in total. The quantitative estimate of drug-likeness (QED) is 0.0399. The number of nitrogens with one attached hydrogen (secondary N) is 2. The Balaban J connectivity index is 0.000000246. The normalized spacial score (nSPS) is 11.5. The zero-order valence-electron chi connectivity index (χ0n) is 41.6. The summed E-state index contributed by atoms with van der Waals surface area (Å²) in [5.41, 5.74) is 0.892. The average molecular weight is 1240 g/mol. The maximum atomic E-state index is 13.4. The first-order chi connectivity index (χ1) is 36.3. The fourth-order valence-corrected chi connectivity index (χ4v) is 10.1. The molecule has 0 aromatic heterocycles. The third-order valence-corrected chi connectivity index (χ3v) is 14.1. The van der Waals surface area contributed by atoms with E-state index in [-0.39, 0.29) is 92.8 Å². The van der Waals surface area contributed by atoms with Gasteiger partial charge in [0.25, 0.3) is 21.9 Å². The molecule has 392 valence electrons. The van der Waals surface area contributed by atoms with Crippen LogP contribution >= 0.6 is 23.2 Å². The van der Waals surface area contributed by atoms with Crippen LogP contribution in [0.3, 0.4) is 0 Å². The third kappa shape index (κ3) is 14.2. The Morgan fingerprint density at radius 2 is 0.974 bits per heavy atom. The minimum absolute atomic E-state index is 0. The van der Waals surface area contributed by atoms with Gasteiger partial charge in [0.15, 0.2) is 5.75 Å². The van der Waals surface area contributed by atoms with Crippen molar-refractivity contribution in [2.24, 2.45) is 20.5 Å². The zero-order valence-corrected chi connectivity index (χ0v) is 49.2. The second-order valence-corrected chi connectivity index (χ2v) is 19.8. The predicted molar refractivity (Wildman–Crippen MR) is 294 cm³/mol. The summed E-state index contributed by atoms with van der Waals surface area (Å²) in [6.07, 6.45) is 0.689. The maximum Gasteiger partial charge on any atom is 2.00 e. The van der Waals surface area contributed by atoms with Crippen molar-refractivity contribution in [3.63, 3.8) is 0 Å². The molecule has 8 aromatic carbocycles. The van der Waals surface area contributed by atoms with Crippen LogP contribution in [0.4, 0.5) is 34.1 Å². The number of hydrogen-bond acceptors (Lipinski definition) is 15. The second-order valence-electron chi connectivity index (χ2n) is 16.3. The number of carbonyl (C=O) groups excluding carboxylic acids is 2. The molecule has 0 aliphatic heterocycles. The summed E-state index contributed by atoms with van der Waals surface area (Å²) in [6, 6.07) is 35.8. The van der Waals surface area contributed by atoms with Crippen molar-refractivity contribution >= 4 is 160 Å². The Morgan fingerprint density at radius 3 is 1.43 bits per heavy atom. The molecule has 8 aromatic rings. The van der Waals surface area contributed by atoms with Gasteiger partial charge in [-0.1, -0.05) is 103 Å². The zero-order chi connectivity index (χ0) is 54.9. The molecule has 0 spiro atoms. The molecule has 0 unspecified atom stereocenters. The number of rotatable bonds is 16. The number of azo groups is 2. The topological polar surface area (TPSA) is 281 Å². The first-order valence-electron chi connectivity index (χ1n) is 23.2. The molecule has 23 heteroatoms. The Morgan fingerprint density at radius 1 is 0.571 bits per heavy atom. The van der Waals surface area contributed by atoms with Gasteiger partial charge in [-0.2, -0.15) is 13.5 Å². The van der Waals surface area contributed by atoms with Crippen LogP contribution in [-0.2, 0) is 33.1 Å². The van der Waals surface area contributed by atoms with E-state index in [0.717, 1.165) is 0 Å². The molecule has 8 rings (SSSR count). The molecule has 0 saturated heterocycles. The van der Waals surface area contributed by atoms with Crippen LogP contribution < -0.4 is 25.2 Å². The standard InChI is InChI=1S/2C27H24ClN3O6S.Ba/c2*1-3-16-9-14-22(28)26(38(34,35)36)23(16)30-31-24-20-8-6-5-7-17(20)15-21(25(24)32)27(33)29-18-10-12-19(13-11-18)37-4-2;/h2*5-15,32H,3-4H2,1-2H3,(H,29,33)(H,34,35,36);/q;;+2/p-2. The fourth-order valence-electron chi connectivity index (χ4n) is 7.82. The van der Waals surface area contributed by atoms with Crippen molar-refractivity contribution in [2.75, 3.05) is 23.8 Å². The first kappa shape index (κ1) is 59.8. The number of phenolic OH excluding ortho intramolecular Hbond substituents is 1. The summed E-state index contributed by atoms with van der Waals surface area (Å²) in [4.78, 5) is 24.9. The number of fused-ring (bicyclic) bond motifs is 2. The van der Waals surface area contributed by atoms with E-state index in [4.69, 9.17) is 32.7 Å². The number of anilines is 2. The van der Waals surface area contributed by atoms with Crippen LogP contribution in [-0.4, -0.2) is 105 Å². The number of phenols is 1. The number of hydrogen-bond donors (Lipinski definition) is 4. The van der Waals surface area contributed by atoms with Crippen molar-refractivity contribution in [1.29, 1.82) is 0 Å². The van der Waals surface area contributed by atoms with Gasteiger partial charge in [-0.25, -0.2) is 8.42 Å². The van der Waals surface area contributed by atoms with Gasteiger partial charge in [0.2, 0.25) is 0 Å². The van der Waals surface area contributed by atoms with E-state index in [1.165, 1.54) is 30.3 Å². The molecule has 2 amide bonds. The summed E-state index contributed by atoms with van der Waals surface area (Å²) in [6.45, 7) is 8.24. The molecular formula is C54H46BaCl2N6O12S2. The van der Waals surface area contributed by atoms with Crippen molar-refractivity contribution < 1.29 is 55.2 Å². The average Bonchev–Trinajstić information content (AvgIpc) is 3.39. The second kappa shape index (κ2) is 26.3. The largest absolute Gasteiger partial charge is 2.00 e. The third-order valence-electron chi connectivity index (χ3n) is 11.4. The number of benzene rings is 8. The maximum absolute atomic E-state index is 13.4. The molecule has 0 bridgehead atoms. The van der Waals surface area contributed by atoms with Crippen LogP contribution in [0.5, 0.6) is 23.0 Å². The van der Waals surface area contributed by atoms with Gasteiger partial charge in [-0.05, 0) is 121 Å². The van der Waals surface area contributed by atoms with Crippen LogP contribution in [0.15, 0.2) is 164 Å². The SMILES string of the molecule is CCOc1ccc(NC(=O)c2cc3ccccc3c(N=Nc3c(CC)ccc(Cl)c3S(=O)(=O)O)c2O)cc1.CCOc1ccc(NC(=O)c2cc3ccccc3c(N=Nc3c(CC)ccc(Cl)c3S(=O)(=O)[O-])c2[O-])cc1.[Ba+2]. The smallest absolute Gasteiger partial charge is 0.870 e. The van der Waals surface area contributed by atoms with Crippen molar-refractivity contribution in [2.45, 2.75) is 50.3 Å². The summed E-state index contributed by atoms with van der Waals surface area (Å²) < 4.78 is 80.6. The van der Waals surface area contributed by atoms with Gasteiger partial charge >= 0.3 is 48.9 Å². The Hall–Kier alpha value is -6.41. The van der Waals surface area contributed by atoms with Gasteiger partial charge in [0.05, 0.1) is 34.5 Å². The van der Waals surface area contributed by atoms with Gasteiger partial charge < -0.3 is 34.9 Å². The number of halogens is 2. The number of ether oxygens (including phenoxy) is 2. The van der Waals surface area contributed by atoms with E-state index < -0.39 is 53.3 Å². The number of carbonyl (C=O) groups is 2.